The first-order valence-corrected chi connectivity index (χ1v) is 12.3. The molecule has 1 aliphatic rings. The molecule has 0 unspecified atom stereocenters. The number of ether oxygens (including phenoxy) is 1. The fraction of sp³-hybridized carbons (Fsp3) is 0.412. The number of thioether (sulfide) groups is 1. The molecule has 1 aromatic heterocycles. The van der Waals surface area contributed by atoms with Crippen molar-refractivity contribution >= 4 is 50.6 Å². The van der Waals surface area contributed by atoms with Gasteiger partial charge in [0.1, 0.15) is 16.7 Å². The van der Waals surface area contributed by atoms with Crippen LogP contribution in [0.2, 0.25) is 5.02 Å². The zero-order chi connectivity index (χ0) is 20.3. The Morgan fingerprint density at radius 2 is 2.25 bits per heavy atom. The van der Waals surface area contributed by atoms with Crippen LogP contribution in [0.5, 0.6) is 5.75 Å². The fourth-order valence-corrected chi connectivity index (χ4v) is 7.02. The molecule has 1 aliphatic heterocycles. The van der Waals surface area contributed by atoms with Crippen LogP contribution in [-0.2, 0) is 21.2 Å². The van der Waals surface area contributed by atoms with Crippen molar-refractivity contribution in [2.24, 2.45) is 0 Å². The Bertz CT molecular complexity index is 964. The van der Waals surface area contributed by atoms with Gasteiger partial charge in [0, 0.05) is 29.1 Å². The molecule has 0 bridgehead atoms. The third-order valence-corrected chi connectivity index (χ3v) is 8.31. The minimum atomic E-state index is -3.94. The summed E-state index contributed by atoms with van der Waals surface area (Å²) in [6.45, 7) is 2.33. The highest BCUT2D eigenvalue weighted by atomic mass is 35.5. The number of nitrogens with zero attached hydrogens (tertiary/aromatic N) is 2. The Hall–Kier alpha value is -1.33. The van der Waals surface area contributed by atoms with Gasteiger partial charge in [-0.3, -0.25) is 4.79 Å². The molecule has 1 N–H and O–H groups in total. The van der Waals surface area contributed by atoms with E-state index in [1.165, 1.54) is 35.3 Å². The normalized spacial score (nSPS) is 17.6. The van der Waals surface area contributed by atoms with Crippen molar-refractivity contribution in [3.05, 3.63) is 39.3 Å². The second-order valence-corrected chi connectivity index (χ2v) is 10.5. The zero-order valence-electron chi connectivity index (χ0n) is 15.3. The maximum absolute atomic E-state index is 13.2. The second kappa shape index (κ2) is 9.00. The molecule has 1 atom stereocenters. The molecule has 1 fully saturated rings. The Kier molecular flexibility index (Phi) is 6.87. The van der Waals surface area contributed by atoms with Gasteiger partial charge in [0.05, 0.1) is 23.7 Å². The van der Waals surface area contributed by atoms with Crippen molar-refractivity contribution in [1.29, 1.82) is 0 Å². The van der Waals surface area contributed by atoms with Crippen molar-refractivity contribution in [3.63, 3.8) is 0 Å². The third kappa shape index (κ3) is 4.62. The number of sulfonamides is 1. The second-order valence-electron chi connectivity index (χ2n) is 6.10. The molecule has 1 amide bonds. The number of methoxy groups -OCH3 is 1. The van der Waals surface area contributed by atoms with Crippen molar-refractivity contribution < 1.29 is 17.9 Å². The van der Waals surface area contributed by atoms with E-state index in [1.807, 2.05) is 12.3 Å². The van der Waals surface area contributed by atoms with Gasteiger partial charge in [-0.25, -0.2) is 13.4 Å². The van der Waals surface area contributed by atoms with Crippen LogP contribution in [0, 0.1) is 6.92 Å². The van der Waals surface area contributed by atoms with Gasteiger partial charge in [-0.05, 0) is 25.1 Å². The number of halogens is 1. The summed E-state index contributed by atoms with van der Waals surface area (Å²) >= 11 is 8.94. The Morgan fingerprint density at radius 1 is 1.46 bits per heavy atom. The van der Waals surface area contributed by atoms with Gasteiger partial charge in [-0.1, -0.05) is 11.6 Å². The summed E-state index contributed by atoms with van der Waals surface area (Å²) in [6, 6.07) is 3.63. The van der Waals surface area contributed by atoms with Gasteiger partial charge in [-0.2, -0.15) is 4.31 Å². The third-order valence-electron chi connectivity index (χ3n) is 4.20. The first-order chi connectivity index (χ1) is 13.3. The first-order valence-electron chi connectivity index (χ1n) is 8.45. The molecule has 0 saturated carbocycles. The average molecular weight is 462 g/mol. The van der Waals surface area contributed by atoms with Crippen LogP contribution < -0.4 is 10.1 Å². The number of nitrogens with one attached hydrogen (secondary N) is 1. The molecular weight excluding hydrogens is 442 g/mol. The first kappa shape index (κ1) is 21.4. The van der Waals surface area contributed by atoms with Crippen LogP contribution in [0.3, 0.4) is 0 Å². The van der Waals surface area contributed by atoms with Gasteiger partial charge in [0.25, 0.3) is 0 Å². The molecule has 0 radical (unpaired) electrons. The lowest BCUT2D eigenvalue weighted by atomic mass is 10.3. The lowest BCUT2D eigenvalue weighted by Gasteiger charge is -2.23. The summed E-state index contributed by atoms with van der Waals surface area (Å²) in [4.78, 5) is 17.0. The molecule has 11 heteroatoms. The van der Waals surface area contributed by atoms with E-state index in [1.54, 1.807) is 17.4 Å². The van der Waals surface area contributed by atoms with Crippen molar-refractivity contribution in [2.75, 3.05) is 25.3 Å². The Labute approximate surface area is 177 Å². The quantitative estimate of drug-likeness (QED) is 0.681. The van der Waals surface area contributed by atoms with Crippen molar-refractivity contribution in [3.8, 4) is 5.75 Å². The number of hydrogen-bond acceptors (Lipinski definition) is 7. The van der Waals surface area contributed by atoms with E-state index in [4.69, 9.17) is 16.3 Å². The average Bonchev–Trinajstić information content (AvgIpc) is 3.31. The highest BCUT2D eigenvalue weighted by molar-refractivity contribution is 8.00. The number of hydrogen-bond donors (Lipinski definition) is 1. The van der Waals surface area contributed by atoms with Crippen LogP contribution in [0.1, 0.15) is 10.7 Å². The maximum atomic E-state index is 13.2. The number of aromatic nitrogens is 1. The lowest BCUT2D eigenvalue weighted by Crippen LogP contribution is -2.47. The molecule has 152 valence electrons. The monoisotopic (exact) mass is 461 g/mol. The minimum Gasteiger partial charge on any atom is -0.495 e. The zero-order valence-corrected chi connectivity index (χ0v) is 18.6. The van der Waals surface area contributed by atoms with E-state index in [2.05, 4.69) is 10.3 Å². The van der Waals surface area contributed by atoms with E-state index in [0.29, 0.717) is 18.7 Å². The Morgan fingerprint density at radius 3 is 2.93 bits per heavy atom. The van der Waals surface area contributed by atoms with Gasteiger partial charge < -0.3 is 10.1 Å². The molecule has 7 nitrogen and oxygen atoms in total. The van der Waals surface area contributed by atoms with E-state index < -0.39 is 16.1 Å². The molecule has 1 aromatic carbocycles. The minimum absolute atomic E-state index is 0.0410. The van der Waals surface area contributed by atoms with Crippen LogP contribution in [0.4, 0.5) is 0 Å². The SMILES string of the molecule is COc1ccc(Cl)cc1S(=O)(=O)N1CSC[C@@H]1C(=O)NCCc1csc(C)n1. The standard InChI is InChI=1S/C17H20ClN3O4S3/c1-11-20-13(8-27-11)5-6-19-17(22)14-9-26-10-21(14)28(23,24)16-7-12(18)3-4-15(16)25-2/h3-4,7-8,14H,5-6,9-10H2,1-2H3,(H,19,22)/t14-/m1/s1. The highest BCUT2D eigenvalue weighted by Gasteiger charge is 2.41. The van der Waals surface area contributed by atoms with Gasteiger partial charge in [0.2, 0.25) is 15.9 Å². The fourth-order valence-electron chi connectivity index (χ4n) is 2.80. The molecule has 0 spiro atoms. The van der Waals surface area contributed by atoms with Gasteiger partial charge in [-0.15, -0.1) is 23.1 Å². The van der Waals surface area contributed by atoms with Crippen LogP contribution in [0.25, 0.3) is 0 Å². The highest BCUT2D eigenvalue weighted by Crippen LogP contribution is 2.34. The smallest absolute Gasteiger partial charge is 0.248 e. The summed E-state index contributed by atoms with van der Waals surface area (Å²) in [5.41, 5.74) is 0.914. The number of carbonyl (C=O) groups excluding carboxylic acids is 1. The molecule has 28 heavy (non-hydrogen) atoms. The van der Waals surface area contributed by atoms with Crippen molar-refractivity contribution in [1.82, 2.24) is 14.6 Å². The summed E-state index contributed by atoms with van der Waals surface area (Å²) in [7, 11) is -2.55. The number of carbonyl (C=O) groups is 1. The topological polar surface area (TPSA) is 88.6 Å². The van der Waals surface area contributed by atoms with Crippen molar-refractivity contribution in [2.45, 2.75) is 24.3 Å². The molecule has 3 rings (SSSR count). The molecule has 2 heterocycles. The summed E-state index contributed by atoms with van der Waals surface area (Å²) in [5, 5.41) is 6.03. The molecule has 1 saturated heterocycles. The molecular formula is C17H20ClN3O4S3. The predicted octanol–water partition coefficient (Wildman–Crippen LogP) is 2.54. The van der Waals surface area contributed by atoms with E-state index in [0.717, 1.165) is 10.7 Å². The van der Waals surface area contributed by atoms with Gasteiger partial charge >= 0.3 is 0 Å². The van der Waals surface area contributed by atoms with E-state index >= 15 is 0 Å². The van der Waals surface area contributed by atoms with E-state index in [-0.39, 0.29) is 27.5 Å². The number of thiazole rings is 1. The predicted molar refractivity (Wildman–Crippen MR) is 112 cm³/mol. The van der Waals surface area contributed by atoms with Gasteiger partial charge in [0.15, 0.2) is 0 Å². The molecule has 2 aromatic rings. The largest absolute Gasteiger partial charge is 0.495 e. The van der Waals surface area contributed by atoms with Crippen LogP contribution >= 0.6 is 34.7 Å². The number of benzene rings is 1. The summed E-state index contributed by atoms with van der Waals surface area (Å²) < 4.78 is 32.7. The lowest BCUT2D eigenvalue weighted by molar-refractivity contribution is -0.123. The molecule has 0 aliphatic carbocycles. The summed E-state index contributed by atoms with van der Waals surface area (Å²) in [5.74, 6) is 0.464. The maximum Gasteiger partial charge on any atom is 0.248 e. The number of aryl methyl sites for hydroxylation is 1. The Balaban J connectivity index is 1.72. The van der Waals surface area contributed by atoms with E-state index in [9.17, 15) is 13.2 Å². The van der Waals surface area contributed by atoms with Crippen LogP contribution in [-0.4, -0.2) is 54.9 Å². The summed E-state index contributed by atoms with van der Waals surface area (Å²) in [6.07, 6.45) is 0.602. The number of amides is 1. The number of rotatable bonds is 7. The van der Waals surface area contributed by atoms with Crippen LogP contribution in [0.15, 0.2) is 28.5 Å².